The molecule has 1 N–H and O–H groups in total. The van der Waals surface area contributed by atoms with Crippen LogP contribution in [0.3, 0.4) is 0 Å². The molecule has 2 aromatic heterocycles. The van der Waals surface area contributed by atoms with E-state index < -0.39 is 23.3 Å². The summed E-state index contributed by atoms with van der Waals surface area (Å²) >= 11 is 1.06. The number of nitrogens with zero attached hydrogens (tertiary/aromatic N) is 2. The molecule has 2 heterocycles. The summed E-state index contributed by atoms with van der Waals surface area (Å²) < 4.78 is 25.8. The molecule has 0 saturated heterocycles. The van der Waals surface area contributed by atoms with Crippen molar-refractivity contribution in [1.29, 1.82) is 0 Å². The van der Waals surface area contributed by atoms with Crippen molar-refractivity contribution in [3.8, 4) is 11.4 Å². The number of carbonyl (C=O) groups excluding carboxylic acids is 2. The minimum atomic E-state index is -0.764. The second kappa shape index (κ2) is 9.84. The number of nitrogens with one attached hydrogen (secondary N) is 1. The molecule has 0 saturated carbocycles. The van der Waals surface area contributed by atoms with Crippen LogP contribution in [0.25, 0.3) is 16.5 Å². The first kappa shape index (κ1) is 23.1. The van der Waals surface area contributed by atoms with Gasteiger partial charge in [-0.15, -0.1) is 11.3 Å². The molecule has 0 atom stereocenters. The van der Waals surface area contributed by atoms with E-state index in [1.54, 1.807) is 37.3 Å². The molecule has 174 valence electrons. The Morgan fingerprint density at radius 3 is 2.50 bits per heavy atom. The lowest BCUT2D eigenvalue weighted by Crippen LogP contribution is -2.26. The zero-order valence-corrected chi connectivity index (χ0v) is 19.1. The zero-order chi connectivity index (χ0) is 24.2. The van der Waals surface area contributed by atoms with E-state index in [1.807, 2.05) is 6.92 Å². The average molecular weight is 482 g/mol. The smallest absolute Gasteiger partial charge is 0.359 e. The molecule has 4 aromatic rings. The number of halogens is 1. The Labute approximate surface area is 197 Å². The van der Waals surface area contributed by atoms with Crippen LogP contribution in [-0.4, -0.2) is 34.9 Å². The van der Waals surface area contributed by atoms with E-state index in [0.29, 0.717) is 17.9 Å². The third kappa shape index (κ3) is 4.40. The maximum atomic E-state index is 14.5. The summed E-state index contributed by atoms with van der Waals surface area (Å²) in [6.45, 7) is 4.08. The maximum absolute atomic E-state index is 14.5. The molecule has 34 heavy (non-hydrogen) atoms. The van der Waals surface area contributed by atoms with E-state index in [-0.39, 0.29) is 33.8 Å². The van der Waals surface area contributed by atoms with E-state index >= 15 is 0 Å². The van der Waals surface area contributed by atoms with E-state index in [4.69, 9.17) is 9.47 Å². The number of ether oxygens (including phenoxy) is 2. The first-order valence-corrected chi connectivity index (χ1v) is 11.3. The van der Waals surface area contributed by atoms with Gasteiger partial charge in [-0.3, -0.25) is 9.59 Å². The van der Waals surface area contributed by atoms with Crippen LogP contribution in [0.5, 0.6) is 5.75 Å². The largest absolute Gasteiger partial charge is 0.494 e. The predicted molar refractivity (Wildman–Crippen MR) is 127 cm³/mol. The summed E-state index contributed by atoms with van der Waals surface area (Å²) in [4.78, 5) is 38.8. The number of fused-ring (bicyclic) bond motifs is 1. The number of aromatic nitrogens is 2. The Balaban J connectivity index is 1.82. The zero-order valence-electron chi connectivity index (χ0n) is 18.3. The molecule has 10 heteroatoms. The van der Waals surface area contributed by atoms with Gasteiger partial charge < -0.3 is 14.8 Å². The molecule has 0 radical (unpaired) electrons. The van der Waals surface area contributed by atoms with Gasteiger partial charge in [-0.1, -0.05) is 12.1 Å². The van der Waals surface area contributed by atoms with Crippen LogP contribution in [0.2, 0.25) is 0 Å². The molecule has 4 rings (SSSR count). The first-order chi connectivity index (χ1) is 16.4. The van der Waals surface area contributed by atoms with Crippen LogP contribution < -0.4 is 15.6 Å². The molecule has 0 aliphatic carbocycles. The molecule has 0 aliphatic rings. The number of benzene rings is 2. The number of amides is 1. The van der Waals surface area contributed by atoms with E-state index in [2.05, 4.69) is 10.4 Å². The van der Waals surface area contributed by atoms with Gasteiger partial charge >= 0.3 is 5.97 Å². The quantitative estimate of drug-likeness (QED) is 0.393. The van der Waals surface area contributed by atoms with Gasteiger partial charge in [-0.05, 0) is 50.2 Å². The van der Waals surface area contributed by atoms with E-state index in [1.165, 1.54) is 23.6 Å². The van der Waals surface area contributed by atoms with Crippen LogP contribution in [0.15, 0.2) is 58.7 Å². The van der Waals surface area contributed by atoms with Gasteiger partial charge in [0.25, 0.3) is 11.5 Å². The fourth-order valence-electron chi connectivity index (χ4n) is 3.32. The summed E-state index contributed by atoms with van der Waals surface area (Å²) in [6, 6.07) is 12.1. The van der Waals surface area contributed by atoms with E-state index in [9.17, 15) is 18.8 Å². The predicted octanol–water partition coefficient (Wildman–Crippen LogP) is 4.41. The molecule has 1 amide bonds. The number of carbonyl (C=O) groups is 2. The summed E-state index contributed by atoms with van der Waals surface area (Å²) in [6.07, 6.45) is 0. The molecule has 8 nitrogen and oxygen atoms in total. The van der Waals surface area contributed by atoms with Gasteiger partial charge in [0.2, 0.25) is 0 Å². The summed E-state index contributed by atoms with van der Waals surface area (Å²) in [5, 5.41) is 8.80. The lowest BCUT2D eigenvalue weighted by molar-refractivity contribution is 0.0519. The highest BCUT2D eigenvalue weighted by molar-refractivity contribution is 7.16. The number of hydrogen-bond acceptors (Lipinski definition) is 7. The van der Waals surface area contributed by atoms with Crippen LogP contribution in [-0.2, 0) is 4.74 Å². The Morgan fingerprint density at radius 2 is 1.82 bits per heavy atom. The van der Waals surface area contributed by atoms with Crippen molar-refractivity contribution in [2.75, 3.05) is 18.5 Å². The third-order valence-electron chi connectivity index (χ3n) is 4.86. The van der Waals surface area contributed by atoms with Crippen molar-refractivity contribution in [3.63, 3.8) is 0 Å². The van der Waals surface area contributed by atoms with Crippen LogP contribution in [0.4, 0.5) is 9.39 Å². The minimum absolute atomic E-state index is 0.0330. The van der Waals surface area contributed by atoms with Gasteiger partial charge in [-0.25, -0.2) is 9.18 Å². The highest BCUT2D eigenvalue weighted by Gasteiger charge is 2.24. The monoisotopic (exact) mass is 481 g/mol. The van der Waals surface area contributed by atoms with Gasteiger partial charge in [0.15, 0.2) is 5.69 Å². The molecular formula is C24H20FN3O5S. The van der Waals surface area contributed by atoms with Gasteiger partial charge in [0, 0.05) is 16.3 Å². The Kier molecular flexibility index (Phi) is 6.69. The third-order valence-corrected chi connectivity index (χ3v) is 5.75. The molecule has 0 bridgehead atoms. The molecular weight excluding hydrogens is 461 g/mol. The molecule has 0 aliphatic heterocycles. The van der Waals surface area contributed by atoms with Crippen molar-refractivity contribution in [3.05, 3.63) is 81.3 Å². The van der Waals surface area contributed by atoms with Crippen molar-refractivity contribution in [2.45, 2.75) is 13.8 Å². The second-order valence-corrected chi connectivity index (χ2v) is 7.88. The number of para-hydroxylation sites is 1. The van der Waals surface area contributed by atoms with Crippen molar-refractivity contribution >= 4 is 39.0 Å². The summed E-state index contributed by atoms with van der Waals surface area (Å²) in [5.74, 6) is -1.29. The highest BCUT2D eigenvalue weighted by atomic mass is 32.1. The van der Waals surface area contributed by atoms with Crippen LogP contribution >= 0.6 is 11.3 Å². The van der Waals surface area contributed by atoms with Crippen molar-refractivity contribution in [2.24, 2.45) is 0 Å². The fraction of sp³-hybridized carbons (Fsp3) is 0.167. The normalized spacial score (nSPS) is 10.8. The molecule has 2 aromatic carbocycles. The Bertz CT molecular complexity index is 1430. The van der Waals surface area contributed by atoms with E-state index in [0.717, 1.165) is 16.0 Å². The van der Waals surface area contributed by atoms with Crippen LogP contribution in [0, 0.1) is 5.82 Å². The molecule has 0 spiro atoms. The fourth-order valence-corrected chi connectivity index (χ4v) is 4.26. The number of esters is 1. The maximum Gasteiger partial charge on any atom is 0.359 e. The SMILES string of the molecule is CCOC(=O)c1nn(-c2ccccc2F)c(=O)c2c(NC(=O)c3ccc(OCC)cc3)scc12. The van der Waals surface area contributed by atoms with Gasteiger partial charge in [0.1, 0.15) is 22.3 Å². The van der Waals surface area contributed by atoms with Crippen LogP contribution in [0.1, 0.15) is 34.7 Å². The Morgan fingerprint density at radius 1 is 1.09 bits per heavy atom. The van der Waals surface area contributed by atoms with Gasteiger partial charge in [0.05, 0.1) is 18.6 Å². The number of hydrogen-bond donors (Lipinski definition) is 1. The van der Waals surface area contributed by atoms with Crippen molar-refractivity contribution < 1.29 is 23.5 Å². The average Bonchev–Trinajstić information content (AvgIpc) is 3.25. The number of thiophene rings is 1. The lowest BCUT2D eigenvalue weighted by atomic mass is 10.2. The number of rotatable bonds is 7. The minimum Gasteiger partial charge on any atom is -0.494 e. The van der Waals surface area contributed by atoms with Gasteiger partial charge in [-0.2, -0.15) is 9.78 Å². The molecule has 0 fully saturated rings. The summed E-state index contributed by atoms with van der Waals surface area (Å²) in [5.41, 5.74) is -0.622. The topological polar surface area (TPSA) is 99.5 Å². The molecule has 0 unspecified atom stereocenters. The number of anilines is 1. The first-order valence-electron chi connectivity index (χ1n) is 10.4. The Hall–Kier alpha value is -4.05. The highest BCUT2D eigenvalue weighted by Crippen LogP contribution is 2.31. The lowest BCUT2D eigenvalue weighted by Gasteiger charge is -2.10. The van der Waals surface area contributed by atoms with Crippen molar-refractivity contribution in [1.82, 2.24) is 9.78 Å². The second-order valence-electron chi connectivity index (χ2n) is 7.00. The summed E-state index contributed by atoms with van der Waals surface area (Å²) in [7, 11) is 0. The standard InChI is InChI=1S/C24H20FN3O5S/c1-3-32-15-11-9-14(10-12-15)21(29)26-22-19-16(13-34-22)20(24(31)33-4-2)27-28(23(19)30)18-8-6-5-7-17(18)25/h5-13H,3-4H2,1-2H3,(H,26,29).